The highest BCUT2D eigenvalue weighted by Crippen LogP contribution is 2.17. The van der Waals surface area contributed by atoms with Crippen molar-refractivity contribution in [2.45, 2.75) is 38.3 Å². The number of anilines is 1. The van der Waals surface area contributed by atoms with Gasteiger partial charge in [0.2, 0.25) is 10.0 Å². The fourth-order valence-corrected chi connectivity index (χ4v) is 2.98. The van der Waals surface area contributed by atoms with Gasteiger partial charge in [-0.15, -0.1) is 0 Å². The van der Waals surface area contributed by atoms with Crippen molar-refractivity contribution in [3.63, 3.8) is 0 Å². The van der Waals surface area contributed by atoms with Crippen LogP contribution in [0.3, 0.4) is 0 Å². The molecule has 2 aromatic rings. The highest BCUT2D eigenvalue weighted by molar-refractivity contribution is 7.89. The second kappa shape index (κ2) is 6.23. The molecule has 0 atom stereocenters. The Labute approximate surface area is 124 Å². The van der Waals surface area contributed by atoms with E-state index in [9.17, 15) is 8.42 Å². The molecule has 0 aliphatic rings. The van der Waals surface area contributed by atoms with Crippen molar-refractivity contribution in [1.82, 2.24) is 19.5 Å². The summed E-state index contributed by atoms with van der Waals surface area (Å²) in [6, 6.07) is 1.83. The Morgan fingerprint density at radius 2 is 2.19 bits per heavy atom. The zero-order valence-electron chi connectivity index (χ0n) is 12.1. The van der Waals surface area contributed by atoms with Crippen molar-refractivity contribution < 1.29 is 8.42 Å². The van der Waals surface area contributed by atoms with Crippen LogP contribution >= 0.6 is 0 Å². The molecule has 0 bridgehead atoms. The minimum atomic E-state index is -3.69. The lowest BCUT2D eigenvalue weighted by Gasteiger charge is -2.07. The molecule has 0 saturated carbocycles. The monoisotopic (exact) mass is 309 g/mol. The number of hydrogen-bond acceptors (Lipinski definition) is 5. The quantitative estimate of drug-likeness (QED) is 0.830. The number of sulfonamides is 1. The van der Waals surface area contributed by atoms with E-state index in [1.54, 1.807) is 17.1 Å². The SMILES string of the molecule is CCCn1cc(S(=O)(=O)NCc2cnccc2C)c(N)n1. The Morgan fingerprint density at radius 3 is 2.86 bits per heavy atom. The van der Waals surface area contributed by atoms with Crippen LogP contribution in [0.2, 0.25) is 0 Å². The van der Waals surface area contributed by atoms with Gasteiger partial charge in [-0.2, -0.15) is 5.10 Å². The second-order valence-electron chi connectivity index (χ2n) is 4.77. The van der Waals surface area contributed by atoms with Gasteiger partial charge in [-0.25, -0.2) is 13.1 Å². The number of aryl methyl sites for hydroxylation is 2. The molecule has 0 unspecified atom stereocenters. The summed E-state index contributed by atoms with van der Waals surface area (Å²) in [7, 11) is -3.69. The van der Waals surface area contributed by atoms with Crippen molar-refractivity contribution in [3.05, 3.63) is 35.8 Å². The van der Waals surface area contributed by atoms with Crippen LogP contribution in [0.15, 0.2) is 29.6 Å². The number of nitrogens with one attached hydrogen (secondary N) is 1. The number of nitrogens with two attached hydrogens (primary N) is 1. The largest absolute Gasteiger partial charge is 0.381 e. The van der Waals surface area contributed by atoms with Gasteiger partial charge in [-0.3, -0.25) is 9.67 Å². The fraction of sp³-hybridized carbons (Fsp3) is 0.385. The van der Waals surface area contributed by atoms with E-state index in [2.05, 4.69) is 14.8 Å². The fourth-order valence-electron chi connectivity index (χ4n) is 1.90. The van der Waals surface area contributed by atoms with Gasteiger partial charge in [0.05, 0.1) is 0 Å². The number of aromatic nitrogens is 3. The molecule has 2 heterocycles. The van der Waals surface area contributed by atoms with Crippen LogP contribution < -0.4 is 10.5 Å². The van der Waals surface area contributed by atoms with Crippen LogP contribution in [-0.2, 0) is 23.1 Å². The standard InChI is InChI=1S/C13H19N5O2S/c1-3-6-18-9-12(13(14)17-18)21(19,20)16-8-11-7-15-5-4-10(11)2/h4-5,7,9,16H,3,6,8H2,1-2H3,(H2,14,17). The molecule has 0 amide bonds. The van der Waals surface area contributed by atoms with E-state index in [0.29, 0.717) is 6.54 Å². The molecule has 0 aliphatic heterocycles. The Hall–Kier alpha value is -1.93. The minimum absolute atomic E-state index is 0.0116. The molecule has 0 spiro atoms. The lowest BCUT2D eigenvalue weighted by molar-refractivity contribution is 0.579. The van der Waals surface area contributed by atoms with Crippen LogP contribution in [-0.4, -0.2) is 23.2 Å². The lowest BCUT2D eigenvalue weighted by Crippen LogP contribution is -2.24. The van der Waals surface area contributed by atoms with E-state index in [4.69, 9.17) is 5.73 Å². The Kier molecular flexibility index (Phi) is 4.59. The molecule has 0 aromatic carbocycles. The molecule has 21 heavy (non-hydrogen) atoms. The number of rotatable bonds is 6. The first-order valence-electron chi connectivity index (χ1n) is 6.66. The summed E-state index contributed by atoms with van der Waals surface area (Å²) in [5.41, 5.74) is 7.49. The van der Waals surface area contributed by atoms with Gasteiger partial charge >= 0.3 is 0 Å². The third-order valence-electron chi connectivity index (χ3n) is 3.10. The minimum Gasteiger partial charge on any atom is -0.381 e. The van der Waals surface area contributed by atoms with Crippen LogP contribution in [0.4, 0.5) is 5.82 Å². The Bertz CT molecular complexity index is 724. The topological polar surface area (TPSA) is 103 Å². The van der Waals surface area contributed by atoms with Crippen LogP contribution in [0, 0.1) is 6.92 Å². The van der Waals surface area contributed by atoms with Gasteiger partial charge in [-0.05, 0) is 30.5 Å². The van der Waals surface area contributed by atoms with Crippen LogP contribution in [0.25, 0.3) is 0 Å². The molecule has 8 heteroatoms. The maximum absolute atomic E-state index is 12.3. The number of pyridine rings is 1. The van der Waals surface area contributed by atoms with E-state index in [1.807, 2.05) is 19.9 Å². The number of hydrogen-bond donors (Lipinski definition) is 2. The first kappa shape index (κ1) is 15.5. The Balaban J connectivity index is 2.17. The van der Waals surface area contributed by atoms with Crippen molar-refractivity contribution in [1.29, 1.82) is 0 Å². The van der Waals surface area contributed by atoms with Crippen molar-refractivity contribution in [2.75, 3.05) is 5.73 Å². The predicted octanol–water partition coefficient (Wildman–Crippen LogP) is 1.06. The van der Waals surface area contributed by atoms with Gasteiger partial charge in [0, 0.05) is 31.7 Å². The average molecular weight is 309 g/mol. The van der Waals surface area contributed by atoms with E-state index in [1.165, 1.54) is 6.20 Å². The third kappa shape index (κ3) is 3.59. The van der Waals surface area contributed by atoms with Gasteiger partial charge in [-0.1, -0.05) is 6.92 Å². The third-order valence-corrected chi connectivity index (χ3v) is 4.52. The highest BCUT2D eigenvalue weighted by atomic mass is 32.2. The van der Waals surface area contributed by atoms with Crippen molar-refractivity contribution in [2.24, 2.45) is 0 Å². The molecule has 0 fully saturated rings. The zero-order chi connectivity index (χ0) is 15.5. The van der Waals surface area contributed by atoms with E-state index < -0.39 is 10.0 Å². The summed E-state index contributed by atoms with van der Waals surface area (Å²) in [5, 5.41) is 4.00. The second-order valence-corrected chi connectivity index (χ2v) is 6.50. The van der Waals surface area contributed by atoms with E-state index >= 15 is 0 Å². The summed E-state index contributed by atoms with van der Waals surface area (Å²) in [5.74, 6) is 0.0128. The number of nitrogen functional groups attached to an aromatic ring is 1. The van der Waals surface area contributed by atoms with Crippen molar-refractivity contribution >= 4 is 15.8 Å². The van der Waals surface area contributed by atoms with Gasteiger partial charge in [0.25, 0.3) is 0 Å². The summed E-state index contributed by atoms with van der Waals surface area (Å²) in [6.07, 6.45) is 5.61. The highest BCUT2D eigenvalue weighted by Gasteiger charge is 2.21. The molecular weight excluding hydrogens is 290 g/mol. The summed E-state index contributed by atoms with van der Waals surface area (Å²) in [6.45, 7) is 4.68. The van der Waals surface area contributed by atoms with Gasteiger partial charge in [0.15, 0.2) is 5.82 Å². The molecule has 3 N–H and O–H groups in total. The van der Waals surface area contributed by atoms with E-state index in [0.717, 1.165) is 17.5 Å². The summed E-state index contributed by atoms with van der Waals surface area (Å²) in [4.78, 5) is 4.00. The van der Waals surface area contributed by atoms with Gasteiger partial charge in [0.1, 0.15) is 4.90 Å². The molecule has 2 rings (SSSR count). The maximum atomic E-state index is 12.3. The number of nitrogens with zero attached hydrogens (tertiary/aromatic N) is 3. The molecule has 0 aliphatic carbocycles. The molecule has 0 saturated heterocycles. The Morgan fingerprint density at radius 1 is 1.43 bits per heavy atom. The van der Waals surface area contributed by atoms with Crippen molar-refractivity contribution in [3.8, 4) is 0 Å². The first-order chi connectivity index (χ1) is 9.94. The van der Waals surface area contributed by atoms with Crippen LogP contribution in [0.5, 0.6) is 0 Å². The zero-order valence-corrected chi connectivity index (χ0v) is 12.9. The normalized spacial score (nSPS) is 11.7. The predicted molar refractivity (Wildman–Crippen MR) is 79.9 cm³/mol. The first-order valence-corrected chi connectivity index (χ1v) is 8.14. The van der Waals surface area contributed by atoms with E-state index in [-0.39, 0.29) is 17.3 Å². The molecule has 114 valence electrons. The average Bonchev–Trinajstić information content (AvgIpc) is 2.80. The molecule has 7 nitrogen and oxygen atoms in total. The van der Waals surface area contributed by atoms with Crippen LogP contribution in [0.1, 0.15) is 24.5 Å². The summed E-state index contributed by atoms with van der Waals surface area (Å²) >= 11 is 0. The van der Waals surface area contributed by atoms with Gasteiger partial charge < -0.3 is 5.73 Å². The maximum Gasteiger partial charge on any atom is 0.246 e. The lowest BCUT2D eigenvalue weighted by atomic mass is 10.2. The summed E-state index contributed by atoms with van der Waals surface area (Å²) < 4.78 is 28.6. The molecular formula is C13H19N5O2S. The molecule has 0 radical (unpaired) electrons. The smallest absolute Gasteiger partial charge is 0.246 e. The molecule has 2 aromatic heterocycles.